The van der Waals surface area contributed by atoms with E-state index in [1.165, 1.54) is 0 Å². The summed E-state index contributed by atoms with van der Waals surface area (Å²) in [5, 5.41) is 12.9. The lowest BCUT2D eigenvalue weighted by Gasteiger charge is -2.41. The maximum Gasteiger partial charge on any atom is 0.229 e. The number of rotatable bonds is 4. The third-order valence-corrected chi connectivity index (χ3v) is 5.07. The van der Waals surface area contributed by atoms with E-state index in [0.717, 1.165) is 51.7 Å². The van der Waals surface area contributed by atoms with Crippen LogP contribution in [0.2, 0.25) is 0 Å². The molecule has 2 N–H and O–H groups in total. The van der Waals surface area contributed by atoms with E-state index in [9.17, 15) is 9.90 Å². The number of nitrogens with zero attached hydrogens (tertiary/aromatic N) is 1. The Hall–Kier alpha value is -0.610. The van der Waals surface area contributed by atoms with Gasteiger partial charge in [0.15, 0.2) is 0 Å². The number of likely N-dealkylation sites (tertiary alicyclic amines) is 1. The topological polar surface area (TPSA) is 52.6 Å². The summed E-state index contributed by atoms with van der Waals surface area (Å²) in [5.41, 5.74) is -0.169. The van der Waals surface area contributed by atoms with Gasteiger partial charge in [-0.2, -0.15) is 0 Å². The number of aliphatic hydroxyl groups is 1. The molecule has 2 atom stereocenters. The molecule has 19 heavy (non-hydrogen) atoms. The molecule has 2 aliphatic heterocycles. The first-order valence-electron chi connectivity index (χ1n) is 7.77. The van der Waals surface area contributed by atoms with Crippen LogP contribution in [0.5, 0.6) is 0 Å². The van der Waals surface area contributed by atoms with Gasteiger partial charge in [0, 0.05) is 6.54 Å². The number of nitrogens with one attached hydrogen (secondary N) is 1. The maximum absolute atomic E-state index is 13.0. The molecule has 4 nitrogen and oxygen atoms in total. The fourth-order valence-electron chi connectivity index (χ4n) is 3.80. The van der Waals surface area contributed by atoms with E-state index >= 15 is 0 Å². The molecule has 0 aromatic rings. The first kappa shape index (κ1) is 14.8. The SMILES string of the molecule is CCCC1(C(=O)N2CCC(C)C2CO)CCNCC1. The Morgan fingerprint density at radius 1 is 1.42 bits per heavy atom. The molecular weight excluding hydrogens is 240 g/mol. The second-order valence-electron chi connectivity index (χ2n) is 6.29. The molecule has 2 saturated heterocycles. The van der Waals surface area contributed by atoms with Crippen molar-refractivity contribution in [3.05, 3.63) is 0 Å². The Bertz CT molecular complexity index is 308. The van der Waals surface area contributed by atoms with Gasteiger partial charge in [0.1, 0.15) is 0 Å². The Morgan fingerprint density at radius 3 is 2.68 bits per heavy atom. The zero-order valence-electron chi connectivity index (χ0n) is 12.3. The number of hydrogen-bond acceptors (Lipinski definition) is 3. The summed E-state index contributed by atoms with van der Waals surface area (Å²) in [6.07, 6.45) is 4.96. The van der Waals surface area contributed by atoms with Crippen LogP contribution in [0.1, 0.15) is 46.0 Å². The van der Waals surface area contributed by atoms with Gasteiger partial charge in [-0.1, -0.05) is 20.3 Å². The van der Waals surface area contributed by atoms with Crippen molar-refractivity contribution in [1.29, 1.82) is 0 Å². The highest BCUT2D eigenvalue weighted by Gasteiger charge is 2.45. The highest BCUT2D eigenvalue weighted by atomic mass is 16.3. The summed E-state index contributed by atoms with van der Waals surface area (Å²) >= 11 is 0. The second kappa shape index (κ2) is 6.23. The van der Waals surface area contributed by atoms with Crippen molar-refractivity contribution in [3.8, 4) is 0 Å². The van der Waals surface area contributed by atoms with Crippen LogP contribution in [0, 0.1) is 11.3 Å². The van der Waals surface area contributed by atoms with Crippen molar-refractivity contribution < 1.29 is 9.90 Å². The molecular formula is C15H28N2O2. The first-order valence-corrected chi connectivity index (χ1v) is 7.77. The second-order valence-corrected chi connectivity index (χ2v) is 6.29. The predicted molar refractivity (Wildman–Crippen MR) is 75.8 cm³/mol. The molecule has 2 unspecified atom stereocenters. The minimum absolute atomic E-state index is 0.0381. The largest absolute Gasteiger partial charge is 0.394 e. The number of hydrogen-bond donors (Lipinski definition) is 2. The van der Waals surface area contributed by atoms with Crippen LogP contribution >= 0.6 is 0 Å². The van der Waals surface area contributed by atoms with E-state index in [0.29, 0.717) is 11.8 Å². The summed E-state index contributed by atoms with van der Waals surface area (Å²) in [5.74, 6) is 0.730. The quantitative estimate of drug-likeness (QED) is 0.810. The molecule has 2 fully saturated rings. The number of carbonyl (C=O) groups excluding carboxylic acids is 1. The lowest BCUT2D eigenvalue weighted by Crippen LogP contribution is -2.52. The van der Waals surface area contributed by atoms with Crippen LogP contribution in [0.4, 0.5) is 0 Å². The maximum atomic E-state index is 13.0. The van der Waals surface area contributed by atoms with Crippen LogP contribution in [0.25, 0.3) is 0 Å². The van der Waals surface area contributed by atoms with Gasteiger partial charge in [-0.25, -0.2) is 0 Å². The Balaban J connectivity index is 2.15. The van der Waals surface area contributed by atoms with Crippen molar-refractivity contribution >= 4 is 5.91 Å². The zero-order valence-corrected chi connectivity index (χ0v) is 12.3. The minimum atomic E-state index is -0.169. The molecule has 0 aliphatic carbocycles. The van der Waals surface area contributed by atoms with E-state index in [1.54, 1.807) is 0 Å². The molecule has 0 aromatic heterocycles. The van der Waals surface area contributed by atoms with Crippen LogP contribution in [0.3, 0.4) is 0 Å². The van der Waals surface area contributed by atoms with Crippen molar-refractivity contribution in [2.45, 2.75) is 52.0 Å². The molecule has 4 heteroatoms. The van der Waals surface area contributed by atoms with Gasteiger partial charge in [0.25, 0.3) is 0 Å². The van der Waals surface area contributed by atoms with Crippen molar-refractivity contribution in [3.63, 3.8) is 0 Å². The molecule has 110 valence electrons. The van der Waals surface area contributed by atoms with Crippen LogP contribution in [0.15, 0.2) is 0 Å². The predicted octanol–water partition coefficient (Wildman–Crippen LogP) is 1.39. The monoisotopic (exact) mass is 268 g/mol. The fourth-order valence-corrected chi connectivity index (χ4v) is 3.80. The molecule has 2 aliphatic rings. The Morgan fingerprint density at radius 2 is 2.11 bits per heavy atom. The van der Waals surface area contributed by atoms with Crippen LogP contribution in [-0.4, -0.2) is 48.2 Å². The van der Waals surface area contributed by atoms with Gasteiger partial charge >= 0.3 is 0 Å². The van der Waals surface area contributed by atoms with Gasteiger partial charge < -0.3 is 15.3 Å². The third-order valence-electron chi connectivity index (χ3n) is 5.07. The number of amides is 1. The summed E-state index contributed by atoms with van der Waals surface area (Å²) in [6, 6.07) is 0.0381. The van der Waals surface area contributed by atoms with Gasteiger partial charge in [0.05, 0.1) is 18.1 Å². The summed E-state index contributed by atoms with van der Waals surface area (Å²) in [6.45, 7) is 7.12. The summed E-state index contributed by atoms with van der Waals surface area (Å²) < 4.78 is 0. The van der Waals surface area contributed by atoms with Crippen LogP contribution < -0.4 is 5.32 Å². The van der Waals surface area contributed by atoms with E-state index in [-0.39, 0.29) is 18.1 Å². The number of carbonyl (C=O) groups is 1. The summed E-state index contributed by atoms with van der Waals surface area (Å²) in [7, 11) is 0. The lowest BCUT2D eigenvalue weighted by atomic mass is 9.74. The van der Waals surface area contributed by atoms with Crippen molar-refractivity contribution in [2.24, 2.45) is 11.3 Å². The molecule has 0 bridgehead atoms. The molecule has 0 spiro atoms. The number of aliphatic hydroxyl groups excluding tert-OH is 1. The Labute approximate surface area is 116 Å². The molecule has 0 aromatic carbocycles. The normalized spacial score (nSPS) is 30.6. The highest BCUT2D eigenvalue weighted by molar-refractivity contribution is 5.83. The standard InChI is InChI=1S/C15H28N2O2/c1-3-5-15(6-8-16-9-7-15)14(19)17-10-4-12(2)13(17)11-18/h12-13,16,18H,3-11H2,1-2H3. The summed E-state index contributed by atoms with van der Waals surface area (Å²) in [4.78, 5) is 15.0. The van der Waals surface area contributed by atoms with Gasteiger partial charge in [-0.15, -0.1) is 0 Å². The van der Waals surface area contributed by atoms with Gasteiger partial charge in [-0.05, 0) is 44.7 Å². The smallest absolute Gasteiger partial charge is 0.229 e. The Kier molecular flexibility index (Phi) is 4.85. The molecule has 0 saturated carbocycles. The average molecular weight is 268 g/mol. The third kappa shape index (κ3) is 2.79. The lowest BCUT2D eigenvalue weighted by molar-refractivity contribution is -0.146. The van der Waals surface area contributed by atoms with E-state index in [1.807, 2.05) is 4.90 Å². The minimum Gasteiger partial charge on any atom is -0.394 e. The average Bonchev–Trinajstić information content (AvgIpc) is 2.80. The van der Waals surface area contributed by atoms with E-state index in [2.05, 4.69) is 19.2 Å². The van der Waals surface area contributed by atoms with Crippen molar-refractivity contribution in [2.75, 3.05) is 26.2 Å². The fraction of sp³-hybridized carbons (Fsp3) is 0.933. The van der Waals surface area contributed by atoms with Gasteiger partial charge in [-0.3, -0.25) is 4.79 Å². The van der Waals surface area contributed by atoms with E-state index < -0.39 is 0 Å². The van der Waals surface area contributed by atoms with Crippen LogP contribution in [-0.2, 0) is 4.79 Å². The highest BCUT2D eigenvalue weighted by Crippen LogP contribution is 2.38. The van der Waals surface area contributed by atoms with Gasteiger partial charge in [0.2, 0.25) is 5.91 Å². The number of piperidine rings is 1. The first-order chi connectivity index (χ1) is 9.14. The molecule has 2 rings (SSSR count). The molecule has 1 amide bonds. The van der Waals surface area contributed by atoms with Crippen molar-refractivity contribution in [1.82, 2.24) is 10.2 Å². The zero-order chi connectivity index (χ0) is 13.9. The molecule has 0 radical (unpaired) electrons. The van der Waals surface area contributed by atoms with E-state index in [4.69, 9.17) is 0 Å². The molecule has 2 heterocycles.